The summed E-state index contributed by atoms with van der Waals surface area (Å²) in [5.74, 6) is 0.0735. The highest BCUT2D eigenvalue weighted by Crippen LogP contribution is 2.33. The summed E-state index contributed by atoms with van der Waals surface area (Å²) in [4.78, 5) is -0.108. The molecule has 4 nitrogen and oxygen atoms in total. The van der Waals surface area contributed by atoms with Crippen LogP contribution in [0.3, 0.4) is 0 Å². The molecule has 0 aliphatic rings. The second-order valence-electron chi connectivity index (χ2n) is 4.86. The van der Waals surface area contributed by atoms with E-state index in [1.807, 2.05) is 0 Å². The van der Waals surface area contributed by atoms with E-state index in [0.29, 0.717) is 16.5 Å². The molecule has 0 saturated heterocycles. The first-order valence-electron chi connectivity index (χ1n) is 6.57. The van der Waals surface area contributed by atoms with Crippen LogP contribution < -0.4 is 4.72 Å². The summed E-state index contributed by atoms with van der Waals surface area (Å²) in [6, 6.07) is 14.1. The Bertz CT molecular complexity index is 1000. The summed E-state index contributed by atoms with van der Waals surface area (Å²) in [5, 5.41) is 11.3. The molecule has 0 aliphatic heterocycles. The van der Waals surface area contributed by atoms with Gasteiger partial charge in [-0.15, -0.1) is 0 Å². The molecule has 0 radical (unpaired) electrons. The Morgan fingerprint density at radius 1 is 0.913 bits per heavy atom. The predicted molar refractivity (Wildman–Crippen MR) is 92.9 cm³/mol. The average molecular weight is 368 g/mol. The molecule has 2 N–H and O–H groups in total. The third-order valence-corrected chi connectivity index (χ3v) is 5.41. The van der Waals surface area contributed by atoms with Gasteiger partial charge >= 0.3 is 0 Å². The van der Waals surface area contributed by atoms with Crippen molar-refractivity contribution >= 4 is 49.7 Å². The SMILES string of the molecule is O=S(=O)(Nc1ccc(O)c2ccccc12)c1cc(Cl)ccc1Cl. The fourth-order valence-corrected chi connectivity index (χ4v) is 4.10. The van der Waals surface area contributed by atoms with Gasteiger partial charge in [0.05, 0.1) is 10.7 Å². The van der Waals surface area contributed by atoms with E-state index in [-0.39, 0.29) is 20.7 Å². The number of benzene rings is 3. The van der Waals surface area contributed by atoms with Crippen LogP contribution in [0.2, 0.25) is 10.0 Å². The molecule has 7 heteroatoms. The zero-order valence-corrected chi connectivity index (χ0v) is 14.0. The standard InChI is InChI=1S/C16H11Cl2NO3S/c17-10-5-6-13(18)16(9-10)23(21,22)19-14-7-8-15(20)12-4-2-1-3-11(12)14/h1-9,19-20H. The zero-order valence-electron chi connectivity index (χ0n) is 11.6. The van der Waals surface area contributed by atoms with Crippen molar-refractivity contribution in [3.05, 3.63) is 64.6 Å². The van der Waals surface area contributed by atoms with Crippen molar-refractivity contribution in [2.24, 2.45) is 0 Å². The first kappa shape index (κ1) is 15.9. The molecular formula is C16H11Cl2NO3S. The highest BCUT2D eigenvalue weighted by molar-refractivity contribution is 7.92. The van der Waals surface area contributed by atoms with E-state index in [9.17, 15) is 13.5 Å². The molecule has 118 valence electrons. The molecule has 3 rings (SSSR count). The fraction of sp³-hybridized carbons (Fsp3) is 0. The minimum atomic E-state index is -3.92. The molecule has 0 spiro atoms. The quantitative estimate of drug-likeness (QED) is 0.661. The molecule has 0 aromatic heterocycles. The Balaban J connectivity index is 2.12. The number of hydrogen-bond acceptors (Lipinski definition) is 3. The Kier molecular flexibility index (Phi) is 4.10. The van der Waals surface area contributed by atoms with E-state index in [2.05, 4.69) is 4.72 Å². The van der Waals surface area contributed by atoms with Crippen LogP contribution in [0.1, 0.15) is 0 Å². The van der Waals surface area contributed by atoms with Crippen molar-refractivity contribution in [1.29, 1.82) is 0 Å². The van der Waals surface area contributed by atoms with E-state index in [1.54, 1.807) is 24.3 Å². The maximum absolute atomic E-state index is 12.6. The zero-order chi connectivity index (χ0) is 16.6. The summed E-state index contributed by atoms with van der Waals surface area (Å²) < 4.78 is 27.7. The van der Waals surface area contributed by atoms with Crippen LogP contribution in [-0.4, -0.2) is 13.5 Å². The molecule has 0 heterocycles. The highest BCUT2D eigenvalue weighted by Gasteiger charge is 2.20. The second kappa shape index (κ2) is 5.92. The van der Waals surface area contributed by atoms with E-state index in [1.165, 1.54) is 30.3 Å². The molecule has 0 fully saturated rings. The van der Waals surface area contributed by atoms with Gasteiger partial charge in [0, 0.05) is 15.8 Å². The number of phenolic OH excluding ortho intramolecular Hbond substituents is 1. The topological polar surface area (TPSA) is 66.4 Å². The van der Waals surface area contributed by atoms with Crippen LogP contribution >= 0.6 is 23.2 Å². The maximum atomic E-state index is 12.6. The summed E-state index contributed by atoms with van der Waals surface area (Å²) >= 11 is 11.8. The molecular weight excluding hydrogens is 357 g/mol. The van der Waals surface area contributed by atoms with Crippen molar-refractivity contribution in [1.82, 2.24) is 0 Å². The van der Waals surface area contributed by atoms with Gasteiger partial charge in [0.25, 0.3) is 10.0 Å². The Morgan fingerprint density at radius 3 is 2.35 bits per heavy atom. The van der Waals surface area contributed by atoms with Gasteiger partial charge < -0.3 is 5.11 Å². The van der Waals surface area contributed by atoms with Crippen LogP contribution in [0, 0.1) is 0 Å². The minimum Gasteiger partial charge on any atom is -0.507 e. The number of hydrogen-bond donors (Lipinski definition) is 2. The molecule has 23 heavy (non-hydrogen) atoms. The van der Waals surface area contributed by atoms with E-state index < -0.39 is 10.0 Å². The molecule has 0 amide bonds. The lowest BCUT2D eigenvalue weighted by molar-refractivity contribution is 0.481. The molecule has 0 unspecified atom stereocenters. The number of halogens is 2. The number of rotatable bonds is 3. The monoisotopic (exact) mass is 367 g/mol. The number of aromatic hydroxyl groups is 1. The third-order valence-electron chi connectivity index (χ3n) is 3.33. The molecule has 0 aliphatic carbocycles. The van der Waals surface area contributed by atoms with E-state index in [4.69, 9.17) is 23.2 Å². The summed E-state index contributed by atoms with van der Waals surface area (Å²) in [6.07, 6.45) is 0. The van der Waals surface area contributed by atoms with E-state index in [0.717, 1.165) is 0 Å². The van der Waals surface area contributed by atoms with E-state index >= 15 is 0 Å². The van der Waals surface area contributed by atoms with Crippen LogP contribution in [0.5, 0.6) is 5.75 Å². The van der Waals surface area contributed by atoms with Crippen LogP contribution in [0.4, 0.5) is 5.69 Å². The molecule has 0 atom stereocenters. The summed E-state index contributed by atoms with van der Waals surface area (Å²) in [5.41, 5.74) is 0.342. The van der Waals surface area contributed by atoms with Gasteiger partial charge in [-0.1, -0.05) is 47.5 Å². The van der Waals surface area contributed by atoms with Crippen LogP contribution in [-0.2, 0) is 10.0 Å². The second-order valence-corrected chi connectivity index (χ2v) is 7.35. The van der Waals surface area contributed by atoms with Gasteiger partial charge in [-0.2, -0.15) is 0 Å². The average Bonchev–Trinajstić information content (AvgIpc) is 2.52. The third kappa shape index (κ3) is 3.08. The normalized spacial score (nSPS) is 11.6. The number of phenols is 1. The fourth-order valence-electron chi connectivity index (χ4n) is 2.26. The number of nitrogens with one attached hydrogen (secondary N) is 1. The highest BCUT2D eigenvalue weighted by atomic mass is 35.5. The van der Waals surface area contributed by atoms with Crippen LogP contribution in [0.15, 0.2) is 59.5 Å². The first-order chi connectivity index (χ1) is 10.9. The van der Waals surface area contributed by atoms with Crippen LogP contribution in [0.25, 0.3) is 10.8 Å². The van der Waals surface area contributed by atoms with Crippen molar-refractivity contribution < 1.29 is 13.5 Å². The minimum absolute atomic E-state index is 0.0735. The molecule has 3 aromatic carbocycles. The molecule has 0 bridgehead atoms. The van der Waals surface area contributed by atoms with Crippen molar-refractivity contribution in [3.63, 3.8) is 0 Å². The number of sulfonamides is 1. The maximum Gasteiger partial charge on any atom is 0.263 e. The van der Waals surface area contributed by atoms with Gasteiger partial charge in [0.2, 0.25) is 0 Å². The van der Waals surface area contributed by atoms with Crippen molar-refractivity contribution in [2.75, 3.05) is 4.72 Å². The largest absolute Gasteiger partial charge is 0.507 e. The Morgan fingerprint density at radius 2 is 1.61 bits per heavy atom. The number of anilines is 1. The van der Waals surface area contributed by atoms with Gasteiger partial charge in [0.15, 0.2) is 0 Å². The lowest BCUT2D eigenvalue weighted by atomic mass is 10.1. The lowest BCUT2D eigenvalue weighted by Gasteiger charge is -2.12. The van der Waals surface area contributed by atoms with Gasteiger partial charge in [-0.05, 0) is 30.3 Å². The van der Waals surface area contributed by atoms with Gasteiger partial charge in [0.1, 0.15) is 10.6 Å². The Hall–Kier alpha value is -1.95. The molecule has 0 saturated carbocycles. The van der Waals surface area contributed by atoms with Crippen molar-refractivity contribution in [2.45, 2.75) is 4.90 Å². The summed E-state index contributed by atoms with van der Waals surface area (Å²) in [7, 11) is -3.92. The van der Waals surface area contributed by atoms with Gasteiger partial charge in [-0.25, -0.2) is 8.42 Å². The smallest absolute Gasteiger partial charge is 0.263 e. The van der Waals surface area contributed by atoms with Crippen molar-refractivity contribution in [3.8, 4) is 5.75 Å². The van der Waals surface area contributed by atoms with Gasteiger partial charge in [-0.3, -0.25) is 4.72 Å². The first-order valence-corrected chi connectivity index (χ1v) is 8.81. The number of fused-ring (bicyclic) bond motifs is 1. The molecule has 3 aromatic rings. The lowest BCUT2D eigenvalue weighted by Crippen LogP contribution is -2.13. The summed E-state index contributed by atoms with van der Waals surface area (Å²) in [6.45, 7) is 0. The Labute approximate surface area is 143 Å². The predicted octanol–water partition coefficient (Wildman–Crippen LogP) is 4.65.